The molecule has 2 aliphatic heterocycles. The quantitative estimate of drug-likeness (QED) is 0.743. The van der Waals surface area contributed by atoms with Gasteiger partial charge >= 0.3 is 6.03 Å². The molecule has 3 N–H and O–H groups in total. The Bertz CT molecular complexity index is 1040. The number of amides is 5. The first-order valence-electron chi connectivity index (χ1n) is 10.00. The second kappa shape index (κ2) is 7.44. The van der Waals surface area contributed by atoms with Gasteiger partial charge in [-0.2, -0.15) is 0 Å². The van der Waals surface area contributed by atoms with Gasteiger partial charge in [-0.3, -0.25) is 19.3 Å². The minimum atomic E-state index is -1.24. The van der Waals surface area contributed by atoms with Gasteiger partial charge in [0.15, 0.2) is 0 Å². The van der Waals surface area contributed by atoms with Crippen LogP contribution in [0.5, 0.6) is 0 Å². The van der Waals surface area contributed by atoms with E-state index in [0.29, 0.717) is 31.5 Å². The summed E-state index contributed by atoms with van der Waals surface area (Å²) in [4.78, 5) is 52.2. The summed E-state index contributed by atoms with van der Waals surface area (Å²) in [6.45, 7) is 2.10. The minimum Gasteiger partial charge on any atom is -0.369 e. The van der Waals surface area contributed by atoms with Gasteiger partial charge in [-0.15, -0.1) is 0 Å². The zero-order valence-electron chi connectivity index (χ0n) is 16.8. The Labute approximate surface area is 174 Å². The van der Waals surface area contributed by atoms with Gasteiger partial charge in [0.25, 0.3) is 5.91 Å². The molecular formula is C22H24N4O4. The molecule has 0 aliphatic carbocycles. The summed E-state index contributed by atoms with van der Waals surface area (Å²) in [6, 6.07) is 12.8. The highest BCUT2D eigenvalue weighted by atomic mass is 16.2. The van der Waals surface area contributed by atoms with Gasteiger partial charge in [-0.1, -0.05) is 36.4 Å². The van der Waals surface area contributed by atoms with Crippen molar-refractivity contribution in [3.63, 3.8) is 0 Å². The van der Waals surface area contributed by atoms with E-state index in [1.165, 1.54) is 0 Å². The molecule has 0 radical (unpaired) electrons. The van der Waals surface area contributed by atoms with Crippen molar-refractivity contribution in [2.45, 2.75) is 25.3 Å². The Morgan fingerprint density at radius 1 is 1.10 bits per heavy atom. The third-order valence-corrected chi connectivity index (χ3v) is 6.15. The zero-order chi connectivity index (χ0) is 21.5. The Hall–Kier alpha value is -3.42. The standard InChI is InChI=1S/C22H24N4O4/c1-22(17-7-6-14-4-2-3-5-16(14)12-17)20(29)26(21(30)24-22)13-18(27)25-10-8-15(9-11-25)19(23)28/h2-7,12,15H,8-11,13H2,1H3,(H2,23,28)(H,24,30)/t22-/m1/s1. The number of fused-ring (bicyclic) bond motifs is 1. The van der Waals surface area contributed by atoms with Gasteiger partial charge in [0.2, 0.25) is 11.8 Å². The highest BCUT2D eigenvalue weighted by Crippen LogP contribution is 2.31. The van der Waals surface area contributed by atoms with Crippen molar-refractivity contribution in [2.24, 2.45) is 11.7 Å². The van der Waals surface area contributed by atoms with Crippen LogP contribution in [0.25, 0.3) is 10.8 Å². The molecule has 2 aromatic carbocycles. The fourth-order valence-electron chi connectivity index (χ4n) is 4.19. The number of piperidine rings is 1. The van der Waals surface area contributed by atoms with Crippen LogP contribution in [0.1, 0.15) is 25.3 Å². The average molecular weight is 408 g/mol. The number of benzene rings is 2. The molecular weight excluding hydrogens is 384 g/mol. The highest BCUT2D eigenvalue weighted by molar-refractivity contribution is 6.09. The maximum Gasteiger partial charge on any atom is 0.325 e. The molecule has 4 rings (SSSR count). The van der Waals surface area contributed by atoms with Crippen LogP contribution < -0.4 is 11.1 Å². The highest BCUT2D eigenvalue weighted by Gasteiger charge is 2.49. The SMILES string of the molecule is C[C@]1(c2ccc3ccccc3c2)NC(=O)N(CC(=O)N2CCC(C(N)=O)CC2)C1=O. The van der Waals surface area contributed by atoms with E-state index < -0.39 is 17.5 Å². The van der Waals surface area contributed by atoms with Crippen LogP contribution in [0.3, 0.4) is 0 Å². The molecule has 2 heterocycles. The number of likely N-dealkylation sites (tertiary alicyclic amines) is 1. The monoisotopic (exact) mass is 408 g/mol. The van der Waals surface area contributed by atoms with Crippen LogP contribution in [-0.2, 0) is 19.9 Å². The summed E-state index contributed by atoms with van der Waals surface area (Å²) in [7, 11) is 0. The lowest BCUT2D eigenvalue weighted by Crippen LogP contribution is -2.47. The number of nitrogens with two attached hydrogens (primary N) is 1. The number of nitrogens with one attached hydrogen (secondary N) is 1. The summed E-state index contributed by atoms with van der Waals surface area (Å²) in [5, 5.41) is 4.75. The number of imide groups is 1. The van der Waals surface area contributed by atoms with E-state index in [0.717, 1.165) is 15.7 Å². The Morgan fingerprint density at radius 2 is 1.77 bits per heavy atom. The lowest BCUT2D eigenvalue weighted by atomic mass is 9.90. The molecule has 0 bridgehead atoms. The maximum atomic E-state index is 13.1. The van der Waals surface area contributed by atoms with Gasteiger partial charge < -0.3 is 16.0 Å². The molecule has 0 unspecified atom stereocenters. The van der Waals surface area contributed by atoms with Crippen molar-refractivity contribution in [1.82, 2.24) is 15.1 Å². The molecule has 2 saturated heterocycles. The number of primary amides is 1. The molecule has 2 aromatic rings. The summed E-state index contributed by atoms with van der Waals surface area (Å²) >= 11 is 0. The largest absolute Gasteiger partial charge is 0.369 e. The fourth-order valence-corrected chi connectivity index (χ4v) is 4.19. The molecule has 0 aromatic heterocycles. The van der Waals surface area contributed by atoms with Crippen LogP contribution in [0, 0.1) is 5.92 Å². The third-order valence-electron chi connectivity index (χ3n) is 6.15. The Kier molecular flexibility index (Phi) is 4.93. The van der Waals surface area contributed by atoms with E-state index in [1.807, 2.05) is 42.5 Å². The summed E-state index contributed by atoms with van der Waals surface area (Å²) in [5.74, 6) is -1.36. The van der Waals surface area contributed by atoms with E-state index >= 15 is 0 Å². The lowest BCUT2D eigenvalue weighted by molar-refractivity contribution is -0.140. The fraction of sp³-hybridized carbons (Fsp3) is 0.364. The smallest absolute Gasteiger partial charge is 0.325 e. The van der Waals surface area contributed by atoms with Crippen molar-refractivity contribution in [3.05, 3.63) is 48.0 Å². The van der Waals surface area contributed by atoms with Crippen molar-refractivity contribution in [2.75, 3.05) is 19.6 Å². The topological polar surface area (TPSA) is 113 Å². The number of hydrogen-bond donors (Lipinski definition) is 2. The van der Waals surface area contributed by atoms with Gasteiger partial charge in [0.05, 0.1) is 0 Å². The zero-order valence-corrected chi connectivity index (χ0v) is 16.8. The number of carbonyl (C=O) groups excluding carboxylic acids is 4. The second-order valence-corrected chi connectivity index (χ2v) is 8.07. The Balaban J connectivity index is 1.49. The first kappa shape index (κ1) is 19.9. The minimum absolute atomic E-state index is 0.234. The van der Waals surface area contributed by atoms with E-state index in [2.05, 4.69) is 5.32 Å². The first-order valence-corrected chi connectivity index (χ1v) is 10.00. The number of nitrogens with zero attached hydrogens (tertiary/aromatic N) is 2. The van der Waals surface area contributed by atoms with E-state index in [1.54, 1.807) is 11.8 Å². The third kappa shape index (κ3) is 3.38. The van der Waals surface area contributed by atoms with Crippen LogP contribution in [0.4, 0.5) is 4.79 Å². The van der Waals surface area contributed by atoms with E-state index in [-0.39, 0.29) is 24.3 Å². The van der Waals surface area contributed by atoms with Crippen molar-refractivity contribution >= 4 is 34.5 Å². The second-order valence-electron chi connectivity index (χ2n) is 8.07. The van der Waals surface area contributed by atoms with Gasteiger partial charge in [-0.05, 0) is 42.2 Å². The summed E-state index contributed by atoms with van der Waals surface area (Å²) < 4.78 is 0. The molecule has 5 amide bonds. The molecule has 30 heavy (non-hydrogen) atoms. The molecule has 0 saturated carbocycles. The van der Waals surface area contributed by atoms with Crippen LogP contribution in [0.15, 0.2) is 42.5 Å². The summed E-state index contributed by atoms with van der Waals surface area (Å²) in [6.07, 6.45) is 0.992. The molecule has 2 aliphatic rings. The van der Waals surface area contributed by atoms with Crippen molar-refractivity contribution in [3.8, 4) is 0 Å². The van der Waals surface area contributed by atoms with Gasteiger partial charge in [-0.25, -0.2) is 4.79 Å². The van der Waals surface area contributed by atoms with E-state index in [4.69, 9.17) is 5.73 Å². The Morgan fingerprint density at radius 3 is 2.43 bits per heavy atom. The predicted molar refractivity (Wildman–Crippen MR) is 110 cm³/mol. The van der Waals surface area contributed by atoms with Gasteiger partial charge in [0, 0.05) is 19.0 Å². The number of hydrogen-bond acceptors (Lipinski definition) is 4. The molecule has 8 heteroatoms. The molecule has 0 spiro atoms. The van der Waals surface area contributed by atoms with Crippen molar-refractivity contribution in [1.29, 1.82) is 0 Å². The number of carbonyl (C=O) groups is 4. The average Bonchev–Trinajstić information content (AvgIpc) is 2.97. The van der Waals surface area contributed by atoms with E-state index in [9.17, 15) is 19.2 Å². The number of rotatable bonds is 4. The maximum absolute atomic E-state index is 13.1. The van der Waals surface area contributed by atoms with Gasteiger partial charge in [0.1, 0.15) is 12.1 Å². The van der Waals surface area contributed by atoms with Crippen LogP contribution in [-0.4, -0.2) is 53.2 Å². The van der Waals surface area contributed by atoms with Crippen LogP contribution in [0.2, 0.25) is 0 Å². The molecule has 156 valence electrons. The lowest BCUT2D eigenvalue weighted by Gasteiger charge is -2.31. The van der Waals surface area contributed by atoms with Crippen LogP contribution >= 0.6 is 0 Å². The molecule has 2 fully saturated rings. The first-order chi connectivity index (χ1) is 14.3. The predicted octanol–water partition coefficient (Wildman–Crippen LogP) is 1.33. The normalized spacial score (nSPS) is 22.4. The van der Waals surface area contributed by atoms with Crippen molar-refractivity contribution < 1.29 is 19.2 Å². The number of urea groups is 1. The summed E-state index contributed by atoms with van der Waals surface area (Å²) in [5.41, 5.74) is 4.76. The molecule has 1 atom stereocenters. The molecule has 8 nitrogen and oxygen atoms in total.